The van der Waals surface area contributed by atoms with Gasteiger partial charge in [0, 0.05) is 11.9 Å². The quantitative estimate of drug-likeness (QED) is 0.772. The number of nitrogens with zero attached hydrogens (tertiary/aromatic N) is 2. The van der Waals surface area contributed by atoms with Crippen LogP contribution in [0.3, 0.4) is 0 Å². The van der Waals surface area contributed by atoms with E-state index >= 15 is 0 Å². The summed E-state index contributed by atoms with van der Waals surface area (Å²) in [5.74, 6) is -0.131. The van der Waals surface area contributed by atoms with Crippen molar-refractivity contribution >= 4 is 33.3 Å². The molecular formula is C16H15ClF3N3O3S. The number of nitrogens with one attached hydrogen (secondary N) is 1. The van der Waals surface area contributed by atoms with Gasteiger partial charge in [-0.1, -0.05) is 11.6 Å². The van der Waals surface area contributed by atoms with Gasteiger partial charge < -0.3 is 0 Å². The van der Waals surface area contributed by atoms with Crippen molar-refractivity contribution in [3.05, 3.63) is 50.4 Å². The molecule has 0 amide bonds. The van der Waals surface area contributed by atoms with Crippen LogP contribution in [0.5, 0.6) is 0 Å². The van der Waals surface area contributed by atoms with Gasteiger partial charge in [0.25, 0.3) is 5.56 Å². The van der Waals surface area contributed by atoms with E-state index in [0.717, 1.165) is 24.4 Å². The number of aliphatic imine (C=N–C) groups is 1. The van der Waals surface area contributed by atoms with Gasteiger partial charge in [-0.05, 0) is 31.5 Å². The molecule has 6 nitrogen and oxygen atoms in total. The second-order valence-corrected chi connectivity index (χ2v) is 8.94. The third-order valence-electron chi connectivity index (χ3n) is 4.32. The second-order valence-electron chi connectivity index (χ2n) is 6.30. The molecule has 146 valence electrons. The Hall–Kier alpha value is -2.07. The predicted octanol–water partition coefficient (Wildman–Crippen LogP) is 3.27. The summed E-state index contributed by atoms with van der Waals surface area (Å²) in [5.41, 5.74) is -0.953. The van der Waals surface area contributed by atoms with E-state index in [0.29, 0.717) is 12.1 Å². The van der Waals surface area contributed by atoms with Crippen molar-refractivity contribution in [1.29, 1.82) is 0 Å². The Morgan fingerprint density at radius 3 is 2.67 bits per heavy atom. The Morgan fingerprint density at radius 1 is 1.37 bits per heavy atom. The van der Waals surface area contributed by atoms with Crippen LogP contribution in [-0.4, -0.2) is 35.9 Å². The molecule has 0 saturated carbocycles. The molecule has 1 aliphatic rings. The molecule has 0 radical (unpaired) electrons. The van der Waals surface area contributed by atoms with E-state index in [-0.39, 0.29) is 27.8 Å². The van der Waals surface area contributed by atoms with Gasteiger partial charge in [-0.15, -0.1) is 0 Å². The van der Waals surface area contributed by atoms with E-state index in [9.17, 15) is 26.4 Å². The summed E-state index contributed by atoms with van der Waals surface area (Å²) >= 11 is 5.89. The average molecular weight is 422 g/mol. The summed E-state index contributed by atoms with van der Waals surface area (Å²) < 4.78 is 62.9. The maximum Gasteiger partial charge on any atom is 0.416 e. The molecule has 0 aliphatic carbocycles. The minimum absolute atomic E-state index is 0.00540. The summed E-state index contributed by atoms with van der Waals surface area (Å²) in [4.78, 5) is 16.5. The lowest BCUT2D eigenvalue weighted by Gasteiger charge is -2.08. The lowest BCUT2D eigenvalue weighted by Crippen LogP contribution is -2.25. The van der Waals surface area contributed by atoms with E-state index in [2.05, 4.69) is 10.1 Å². The van der Waals surface area contributed by atoms with Crippen LogP contribution in [0, 0.1) is 6.92 Å². The molecule has 2 aromatic rings. The monoisotopic (exact) mass is 421 g/mol. The molecule has 1 aliphatic heterocycles. The Balaban J connectivity index is 1.94. The first-order chi connectivity index (χ1) is 12.5. The number of hydrogen-bond donors (Lipinski definition) is 1. The summed E-state index contributed by atoms with van der Waals surface area (Å²) in [6, 6.07) is 2.22. The first kappa shape index (κ1) is 19.7. The zero-order valence-electron chi connectivity index (χ0n) is 14.0. The molecule has 0 bridgehead atoms. The van der Waals surface area contributed by atoms with E-state index in [1.54, 1.807) is 6.92 Å². The summed E-state index contributed by atoms with van der Waals surface area (Å²) in [7, 11) is -3.18. The molecule has 1 aromatic carbocycles. The van der Waals surface area contributed by atoms with Crippen molar-refractivity contribution in [2.45, 2.75) is 25.6 Å². The van der Waals surface area contributed by atoms with Gasteiger partial charge in [-0.2, -0.15) is 13.2 Å². The third kappa shape index (κ3) is 4.11. The van der Waals surface area contributed by atoms with Gasteiger partial charge >= 0.3 is 6.18 Å². The Labute approximate surface area is 157 Å². The standard InChI is InChI=1S/C16H15ClF3N3O3S/c1-9-12(15(24)23(22-9)11-4-5-27(25,26)8-11)7-21-14-6-10(16(18,19)20)2-3-13(14)17/h2-3,6-7,11,22H,4-5,8H2,1H3/t11-/m0/s1. The Morgan fingerprint density at radius 2 is 2.07 bits per heavy atom. The molecule has 1 saturated heterocycles. The normalized spacial score (nSPS) is 19.8. The molecule has 3 rings (SSSR count). The smallest absolute Gasteiger partial charge is 0.299 e. The number of benzene rings is 1. The molecule has 1 N–H and O–H groups in total. The highest BCUT2D eigenvalue weighted by atomic mass is 35.5. The number of H-pyrrole nitrogens is 1. The number of aromatic amines is 1. The zero-order valence-corrected chi connectivity index (χ0v) is 15.6. The topological polar surface area (TPSA) is 84.3 Å². The van der Waals surface area contributed by atoms with E-state index in [1.165, 1.54) is 4.68 Å². The molecule has 0 spiro atoms. The van der Waals surface area contributed by atoms with Gasteiger partial charge in [0.05, 0.1) is 39.4 Å². The molecule has 0 unspecified atom stereocenters. The number of hydrogen-bond acceptors (Lipinski definition) is 4. The van der Waals surface area contributed by atoms with Crippen molar-refractivity contribution in [3.8, 4) is 0 Å². The number of aryl methyl sites for hydroxylation is 1. The lowest BCUT2D eigenvalue weighted by molar-refractivity contribution is -0.137. The minimum atomic E-state index is -4.54. The highest BCUT2D eigenvalue weighted by Gasteiger charge is 2.32. The highest BCUT2D eigenvalue weighted by molar-refractivity contribution is 7.91. The summed E-state index contributed by atoms with van der Waals surface area (Å²) in [6.07, 6.45) is -3.09. The molecule has 11 heteroatoms. The zero-order chi connectivity index (χ0) is 20.0. The highest BCUT2D eigenvalue weighted by Crippen LogP contribution is 2.35. The van der Waals surface area contributed by atoms with E-state index in [4.69, 9.17) is 11.6 Å². The number of aromatic nitrogens is 2. The molecule has 1 fully saturated rings. The largest absolute Gasteiger partial charge is 0.416 e. The lowest BCUT2D eigenvalue weighted by atomic mass is 10.2. The maximum absolute atomic E-state index is 12.8. The Kier molecular flexibility index (Phi) is 4.98. The fourth-order valence-corrected chi connectivity index (χ4v) is 4.76. The van der Waals surface area contributed by atoms with Gasteiger partial charge in [-0.3, -0.25) is 14.9 Å². The van der Waals surface area contributed by atoms with Crippen LogP contribution in [0.15, 0.2) is 28.0 Å². The fourth-order valence-electron chi connectivity index (χ4n) is 2.89. The van der Waals surface area contributed by atoms with Crippen LogP contribution in [-0.2, 0) is 16.0 Å². The van der Waals surface area contributed by atoms with Crippen molar-refractivity contribution in [2.75, 3.05) is 11.5 Å². The van der Waals surface area contributed by atoms with Gasteiger partial charge in [0.15, 0.2) is 9.84 Å². The summed E-state index contributed by atoms with van der Waals surface area (Å²) in [6.45, 7) is 1.59. The maximum atomic E-state index is 12.8. The third-order valence-corrected chi connectivity index (χ3v) is 6.39. The van der Waals surface area contributed by atoms with E-state index < -0.39 is 33.2 Å². The number of sulfone groups is 1. The second kappa shape index (κ2) is 6.83. The first-order valence-electron chi connectivity index (χ1n) is 7.90. The SMILES string of the molecule is Cc1[nH]n([C@H]2CCS(=O)(=O)C2)c(=O)c1C=Nc1cc(C(F)(F)F)ccc1Cl. The molecule has 1 atom stereocenters. The molecule has 27 heavy (non-hydrogen) atoms. The van der Waals surface area contributed by atoms with Crippen LogP contribution in [0.25, 0.3) is 0 Å². The van der Waals surface area contributed by atoms with Crippen molar-refractivity contribution in [2.24, 2.45) is 4.99 Å². The number of alkyl halides is 3. The van der Waals surface area contributed by atoms with Crippen LogP contribution in [0.4, 0.5) is 18.9 Å². The van der Waals surface area contributed by atoms with Crippen molar-refractivity contribution in [3.63, 3.8) is 0 Å². The van der Waals surface area contributed by atoms with Gasteiger partial charge in [0.1, 0.15) is 0 Å². The molecule has 1 aromatic heterocycles. The van der Waals surface area contributed by atoms with Crippen LogP contribution < -0.4 is 5.56 Å². The van der Waals surface area contributed by atoms with Crippen LogP contribution >= 0.6 is 11.6 Å². The Bertz CT molecular complexity index is 1070. The minimum Gasteiger partial charge on any atom is -0.299 e. The first-order valence-corrected chi connectivity index (χ1v) is 10.1. The predicted molar refractivity (Wildman–Crippen MR) is 95.8 cm³/mol. The van der Waals surface area contributed by atoms with E-state index in [1.807, 2.05) is 0 Å². The van der Waals surface area contributed by atoms with Crippen LogP contribution in [0.2, 0.25) is 5.02 Å². The summed E-state index contributed by atoms with van der Waals surface area (Å²) in [5, 5.41) is 2.82. The average Bonchev–Trinajstić information content (AvgIpc) is 3.05. The van der Waals surface area contributed by atoms with Gasteiger partial charge in [-0.25, -0.2) is 13.1 Å². The molecule has 2 heterocycles. The van der Waals surface area contributed by atoms with Crippen LogP contribution in [0.1, 0.15) is 29.3 Å². The number of rotatable bonds is 3. The van der Waals surface area contributed by atoms with Crippen molar-refractivity contribution in [1.82, 2.24) is 9.78 Å². The molecular weight excluding hydrogens is 407 g/mol. The van der Waals surface area contributed by atoms with Gasteiger partial charge in [0.2, 0.25) is 0 Å². The number of halogens is 4. The fraction of sp³-hybridized carbons (Fsp3) is 0.375. The van der Waals surface area contributed by atoms with Crippen molar-refractivity contribution < 1.29 is 21.6 Å².